The molecule has 1 aliphatic heterocycles. The molecule has 1 aliphatic rings. The monoisotopic (exact) mass is 293 g/mol. The van der Waals surface area contributed by atoms with Crippen molar-refractivity contribution >= 4 is 0 Å². The van der Waals surface area contributed by atoms with Gasteiger partial charge in [-0.3, -0.25) is 4.90 Å². The highest BCUT2D eigenvalue weighted by molar-refractivity contribution is 5.23. The molecule has 3 atom stereocenters. The van der Waals surface area contributed by atoms with E-state index in [-0.39, 0.29) is 17.9 Å². The number of piperidine rings is 1. The first-order valence-electron chi connectivity index (χ1n) is 7.95. The second kappa shape index (κ2) is 7.34. The largest absolute Gasteiger partial charge is 0.326 e. The van der Waals surface area contributed by atoms with Crippen LogP contribution in [0.15, 0.2) is 24.3 Å². The van der Waals surface area contributed by atoms with Gasteiger partial charge >= 0.3 is 0 Å². The quantitative estimate of drug-likeness (QED) is 0.906. The number of nitrogens with two attached hydrogens (primary N) is 1. The number of nitrogens with zero attached hydrogens (tertiary/aromatic N) is 2. The zero-order valence-corrected chi connectivity index (χ0v) is 13.4. The predicted octanol–water partition coefficient (Wildman–Crippen LogP) is 2.63. The van der Waals surface area contributed by atoms with E-state index in [2.05, 4.69) is 30.8 Å². The van der Waals surface area contributed by atoms with Gasteiger partial charge in [0.25, 0.3) is 0 Å². The van der Waals surface area contributed by atoms with Gasteiger partial charge in [0, 0.05) is 24.2 Å². The van der Waals surface area contributed by atoms with Gasteiger partial charge in [-0.25, -0.2) is 4.39 Å². The fourth-order valence-corrected chi connectivity index (χ4v) is 3.39. The molecule has 118 valence electrons. The van der Waals surface area contributed by atoms with Crippen molar-refractivity contribution in [1.82, 2.24) is 9.80 Å². The van der Waals surface area contributed by atoms with E-state index in [1.54, 1.807) is 6.07 Å². The summed E-state index contributed by atoms with van der Waals surface area (Å²) in [4.78, 5) is 4.64. The lowest BCUT2D eigenvalue weighted by atomic mass is 9.93. The number of benzene rings is 1. The fourth-order valence-electron chi connectivity index (χ4n) is 3.39. The Bertz CT molecular complexity index is 451. The van der Waals surface area contributed by atoms with Crippen molar-refractivity contribution < 1.29 is 4.39 Å². The maximum absolute atomic E-state index is 14.2. The second-order valence-electron chi connectivity index (χ2n) is 6.26. The smallest absolute Gasteiger partial charge is 0.128 e. The molecule has 4 heteroatoms. The molecular weight excluding hydrogens is 265 g/mol. The number of hydrogen-bond acceptors (Lipinski definition) is 3. The standard InChI is InChI=1S/C17H28FN3/c1-4-16(19)17(14-9-5-6-10-15(14)18)21(3)13-8-7-11-20(2)12-13/h5-6,9-10,13,16-17H,4,7-8,11-12,19H2,1-3H3. The Kier molecular flexibility index (Phi) is 5.73. The first-order chi connectivity index (χ1) is 10.0. The van der Waals surface area contributed by atoms with Gasteiger partial charge in [-0.05, 0) is 46.0 Å². The molecule has 0 bridgehead atoms. The molecule has 2 rings (SSSR count). The average molecular weight is 293 g/mol. The van der Waals surface area contributed by atoms with Crippen molar-refractivity contribution in [3.8, 4) is 0 Å². The third-order valence-electron chi connectivity index (χ3n) is 4.72. The summed E-state index contributed by atoms with van der Waals surface area (Å²) < 4.78 is 14.2. The second-order valence-corrected chi connectivity index (χ2v) is 6.26. The van der Waals surface area contributed by atoms with Crippen molar-refractivity contribution in [2.45, 2.75) is 44.3 Å². The molecule has 1 heterocycles. The molecule has 0 aromatic heterocycles. The topological polar surface area (TPSA) is 32.5 Å². The van der Waals surface area contributed by atoms with Crippen LogP contribution < -0.4 is 5.73 Å². The van der Waals surface area contributed by atoms with E-state index < -0.39 is 0 Å². The van der Waals surface area contributed by atoms with Gasteiger partial charge in [0.15, 0.2) is 0 Å². The summed E-state index contributed by atoms with van der Waals surface area (Å²) >= 11 is 0. The lowest BCUT2D eigenvalue weighted by Crippen LogP contribution is -2.50. The van der Waals surface area contributed by atoms with E-state index in [1.165, 1.54) is 12.5 Å². The molecular formula is C17H28FN3. The van der Waals surface area contributed by atoms with E-state index in [0.717, 1.165) is 31.5 Å². The summed E-state index contributed by atoms with van der Waals surface area (Å²) in [6, 6.07) is 7.36. The number of rotatable bonds is 5. The minimum absolute atomic E-state index is 0.0564. The number of hydrogen-bond donors (Lipinski definition) is 1. The van der Waals surface area contributed by atoms with Gasteiger partial charge in [0.1, 0.15) is 5.82 Å². The van der Waals surface area contributed by atoms with Crippen LogP contribution in [0.5, 0.6) is 0 Å². The zero-order valence-electron chi connectivity index (χ0n) is 13.4. The molecule has 1 aromatic rings. The van der Waals surface area contributed by atoms with Crippen LogP contribution in [0.4, 0.5) is 4.39 Å². The van der Waals surface area contributed by atoms with Crippen LogP contribution in [0.1, 0.15) is 37.8 Å². The van der Waals surface area contributed by atoms with Crippen molar-refractivity contribution in [2.24, 2.45) is 5.73 Å². The maximum atomic E-state index is 14.2. The highest BCUT2D eigenvalue weighted by Crippen LogP contribution is 2.30. The highest BCUT2D eigenvalue weighted by Gasteiger charge is 2.31. The lowest BCUT2D eigenvalue weighted by molar-refractivity contribution is 0.0844. The maximum Gasteiger partial charge on any atom is 0.128 e. The molecule has 1 saturated heterocycles. The molecule has 0 aliphatic carbocycles. The van der Waals surface area contributed by atoms with E-state index >= 15 is 0 Å². The third-order valence-corrected chi connectivity index (χ3v) is 4.72. The molecule has 0 spiro atoms. The summed E-state index contributed by atoms with van der Waals surface area (Å²) in [5, 5.41) is 0. The third kappa shape index (κ3) is 3.82. The molecule has 0 amide bonds. The van der Waals surface area contributed by atoms with Crippen LogP contribution in [0.3, 0.4) is 0 Å². The van der Waals surface area contributed by atoms with Crippen LogP contribution in [-0.2, 0) is 0 Å². The van der Waals surface area contributed by atoms with E-state index in [4.69, 9.17) is 5.73 Å². The number of likely N-dealkylation sites (N-methyl/N-ethyl adjacent to an activating group) is 2. The van der Waals surface area contributed by atoms with Gasteiger partial charge in [-0.1, -0.05) is 25.1 Å². The molecule has 0 saturated carbocycles. The van der Waals surface area contributed by atoms with Crippen LogP contribution in [-0.4, -0.2) is 49.1 Å². The molecule has 2 N–H and O–H groups in total. The Balaban J connectivity index is 2.25. The first kappa shape index (κ1) is 16.4. The highest BCUT2D eigenvalue weighted by atomic mass is 19.1. The van der Waals surface area contributed by atoms with E-state index in [0.29, 0.717) is 6.04 Å². The SMILES string of the molecule is CCC(N)C(c1ccccc1F)N(C)C1CCCN(C)C1. The summed E-state index contributed by atoms with van der Waals surface area (Å²) in [5.74, 6) is -0.151. The normalized spacial score (nSPS) is 23.2. The van der Waals surface area contributed by atoms with E-state index in [9.17, 15) is 4.39 Å². The first-order valence-corrected chi connectivity index (χ1v) is 7.95. The Morgan fingerprint density at radius 3 is 2.76 bits per heavy atom. The van der Waals surface area contributed by atoms with E-state index in [1.807, 2.05) is 12.1 Å². The van der Waals surface area contributed by atoms with Crippen LogP contribution in [0.25, 0.3) is 0 Å². The number of halogens is 1. The molecule has 3 nitrogen and oxygen atoms in total. The van der Waals surface area contributed by atoms with Gasteiger partial charge in [-0.2, -0.15) is 0 Å². The summed E-state index contributed by atoms with van der Waals surface area (Å²) in [6.07, 6.45) is 3.19. The fraction of sp³-hybridized carbons (Fsp3) is 0.647. The number of likely N-dealkylation sites (tertiary alicyclic amines) is 1. The zero-order chi connectivity index (χ0) is 15.4. The van der Waals surface area contributed by atoms with Crippen molar-refractivity contribution in [1.29, 1.82) is 0 Å². The molecule has 21 heavy (non-hydrogen) atoms. The predicted molar refractivity (Wildman–Crippen MR) is 85.7 cm³/mol. The van der Waals surface area contributed by atoms with Crippen LogP contribution >= 0.6 is 0 Å². The van der Waals surface area contributed by atoms with Crippen LogP contribution in [0.2, 0.25) is 0 Å². The average Bonchev–Trinajstić information content (AvgIpc) is 2.49. The minimum Gasteiger partial charge on any atom is -0.326 e. The molecule has 1 fully saturated rings. The van der Waals surface area contributed by atoms with Gasteiger partial charge < -0.3 is 10.6 Å². The lowest BCUT2D eigenvalue weighted by Gasteiger charge is -2.42. The Hall–Kier alpha value is -0.970. The Morgan fingerprint density at radius 2 is 2.14 bits per heavy atom. The van der Waals surface area contributed by atoms with Crippen molar-refractivity contribution in [3.63, 3.8) is 0 Å². The van der Waals surface area contributed by atoms with Gasteiger partial charge in [0.2, 0.25) is 0 Å². The van der Waals surface area contributed by atoms with Crippen molar-refractivity contribution in [3.05, 3.63) is 35.6 Å². The molecule has 1 aromatic carbocycles. The van der Waals surface area contributed by atoms with Gasteiger partial charge in [0.05, 0.1) is 6.04 Å². The Morgan fingerprint density at radius 1 is 1.43 bits per heavy atom. The molecule has 3 unspecified atom stereocenters. The summed E-state index contributed by atoms with van der Waals surface area (Å²) in [5.41, 5.74) is 7.06. The van der Waals surface area contributed by atoms with Gasteiger partial charge in [-0.15, -0.1) is 0 Å². The Labute approximate surface area is 127 Å². The van der Waals surface area contributed by atoms with Crippen molar-refractivity contribution in [2.75, 3.05) is 27.2 Å². The summed E-state index contributed by atoms with van der Waals surface area (Å²) in [7, 11) is 4.24. The van der Waals surface area contributed by atoms with Crippen LogP contribution in [0, 0.1) is 5.82 Å². The molecule has 0 radical (unpaired) electrons. The minimum atomic E-state index is -0.151. The summed E-state index contributed by atoms with van der Waals surface area (Å²) in [6.45, 7) is 4.24.